The Morgan fingerprint density at radius 1 is 0.937 bits per heavy atom. The van der Waals surface area contributed by atoms with Gasteiger partial charge >= 0.3 is 24.1 Å². The zero-order chi connectivity index (χ0) is 58.5. The van der Waals surface area contributed by atoms with E-state index in [1.54, 1.807) is 58.2 Å². The third kappa shape index (κ3) is 14.5. The summed E-state index contributed by atoms with van der Waals surface area (Å²) in [6, 6.07) is 4.33. The van der Waals surface area contributed by atoms with Crippen molar-refractivity contribution in [1.82, 2.24) is 14.5 Å². The molecule has 0 saturated carbocycles. The largest absolute Gasteiger partial charge is 0.509 e. The molecule has 0 bridgehead atoms. The monoisotopic (exact) mass is 1120 g/mol. The number of cyclic esters (lactones) is 1. The van der Waals surface area contributed by atoms with Crippen LogP contribution in [0.15, 0.2) is 35.3 Å². The summed E-state index contributed by atoms with van der Waals surface area (Å²) >= 11 is 0. The second-order valence-corrected chi connectivity index (χ2v) is 22.9. The number of aliphatic hydroxyl groups is 1. The molecule has 4 fully saturated rings. The van der Waals surface area contributed by atoms with Crippen LogP contribution in [0.2, 0.25) is 0 Å². The van der Waals surface area contributed by atoms with Gasteiger partial charge in [-0.25, -0.2) is 9.59 Å². The maximum Gasteiger partial charge on any atom is 0.509 e. The van der Waals surface area contributed by atoms with Crippen molar-refractivity contribution in [2.24, 2.45) is 17.8 Å². The Balaban J connectivity index is 1.25. The van der Waals surface area contributed by atoms with Gasteiger partial charge in [0.05, 0.1) is 84.5 Å². The summed E-state index contributed by atoms with van der Waals surface area (Å²) in [6.07, 6.45) is -3.63. The number of ether oxygens (including phenoxy) is 11. The molecule has 1 aromatic heterocycles. The number of carboxylic acid groups (broad SMARTS) is 1. The molecule has 0 radical (unpaired) electrons. The Hall–Kier alpha value is -4.75. The lowest BCUT2D eigenvalue weighted by atomic mass is 9.77. The first-order valence-corrected chi connectivity index (χ1v) is 27.5. The minimum Gasteiger partial charge on any atom is -0.477 e. The van der Waals surface area contributed by atoms with Crippen LogP contribution in [0.5, 0.6) is 0 Å². The van der Waals surface area contributed by atoms with E-state index in [9.17, 15) is 34.2 Å². The van der Waals surface area contributed by atoms with Crippen LogP contribution in [0.4, 0.5) is 4.79 Å². The molecule has 2 N–H and O–H groups in total. The van der Waals surface area contributed by atoms with Crippen LogP contribution in [0.25, 0.3) is 17.0 Å². The second-order valence-electron chi connectivity index (χ2n) is 22.9. The highest BCUT2D eigenvalue weighted by Gasteiger charge is 2.58. The topological polar surface area (TPSA) is 248 Å². The molecular weight excluding hydrogens is 1030 g/mol. The first-order valence-electron chi connectivity index (χ1n) is 27.5. The van der Waals surface area contributed by atoms with Crippen LogP contribution in [0.1, 0.15) is 118 Å². The molecule has 0 unspecified atom stereocenters. The molecule has 22 heteroatoms. The average molecular weight is 1120 g/mol. The maximum absolute atomic E-state index is 14.9. The van der Waals surface area contributed by atoms with Crippen LogP contribution < -0.4 is 10.3 Å². The van der Waals surface area contributed by atoms with Crippen molar-refractivity contribution in [1.29, 1.82) is 0 Å². The summed E-state index contributed by atoms with van der Waals surface area (Å²) in [4.78, 5) is 74.5. The number of carboxylic acids is 1. The van der Waals surface area contributed by atoms with Gasteiger partial charge in [0.2, 0.25) is 5.43 Å². The Labute approximate surface area is 464 Å². The van der Waals surface area contributed by atoms with Gasteiger partial charge in [0, 0.05) is 39.0 Å². The molecular formula is C57H87N3O19. The van der Waals surface area contributed by atoms with Crippen molar-refractivity contribution in [3.8, 4) is 0 Å². The van der Waals surface area contributed by atoms with Crippen molar-refractivity contribution >= 4 is 41.0 Å². The van der Waals surface area contributed by atoms with Crippen LogP contribution >= 0.6 is 0 Å². The second kappa shape index (κ2) is 26.4. The van der Waals surface area contributed by atoms with Gasteiger partial charge in [-0.1, -0.05) is 39.0 Å². The molecule has 4 saturated heterocycles. The lowest BCUT2D eigenvalue weighted by Gasteiger charge is -2.49. The van der Waals surface area contributed by atoms with Gasteiger partial charge in [-0.15, -0.1) is 0 Å². The molecule has 5 heterocycles. The molecule has 6 rings (SSSR count). The van der Waals surface area contributed by atoms with E-state index in [0.29, 0.717) is 24.0 Å². The standard InChI is InChI=1S/C57H87N3O19/c1-17-43-57(11)49(78-54(66)79-57)35(6)59(14)29-31(2)27-55(9,67)48(77-53-47(74-37(8)61)42(58(12)13)25-32(3)72-53)33(4)46(34(5)52(65)75-43)76-44-28-56(10,68-15)50(36(7)73-44)71-24-23-70-22-18-19-38-20-21-41-39(26-38)45(62)40(51(63)64)30-60(41)69-16/h18-21,26,30-36,42-44,46-50,53,67H,17,22-25,27-29H2,1-16H3,(H,63,64)/t31-,32-,33+,34-,35-,36+,42+,43-,44+,46+,47-,48-,49-,50+,53+,55-,56-,57-/m1/s1. The van der Waals surface area contributed by atoms with Crippen LogP contribution in [0.3, 0.4) is 0 Å². The number of pyridine rings is 1. The number of methoxy groups -OCH3 is 1. The number of hydrogen-bond acceptors (Lipinski definition) is 20. The van der Waals surface area contributed by atoms with Gasteiger partial charge in [0.25, 0.3) is 0 Å². The number of fused-ring (bicyclic) bond motifs is 2. The van der Waals surface area contributed by atoms with E-state index in [2.05, 4.69) is 0 Å². The van der Waals surface area contributed by atoms with Crippen molar-refractivity contribution in [2.45, 2.75) is 192 Å². The highest BCUT2D eigenvalue weighted by molar-refractivity contribution is 5.93. The summed E-state index contributed by atoms with van der Waals surface area (Å²) in [7, 11) is 8.64. The molecule has 22 nitrogen and oxygen atoms in total. The Bertz CT molecular complexity index is 2520. The zero-order valence-corrected chi connectivity index (χ0v) is 49.0. The van der Waals surface area contributed by atoms with E-state index in [-0.39, 0.29) is 62.5 Å². The summed E-state index contributed by atoms with van der Waals surface area (Å²) in [6.45, 7) is 20.7. The zero-order valence-electron chi connectivity index (χ0n) is 49.0. The molecule has 2 aromatic rings. The normalized spacial score (nSPS) is 37.2. The number of esters is 2. The Morgan fingerprint density at radius 3 is 2.28 bits per heavy atom. The van der Waals surface area contributed by atoms with Crippen LogP contribution in [-0.2, 0) is 61.7 Å². The van der Waals surface area contributed by atoms with Crippen LogP contribution in [0, 0.1) is 17.8 Å². The highest BCUT2D eigenvalue weighted by Crippen LogP contribution is 2.43. The van der Waals surface area contributed by atoms with Crippen molar-refractivity contribution in [2.75, 3.05) is 61.7 Å². The van der Waals surface area contributed by atoms with Gasteiger partial charge in [-0.3, -0.25) is 19.3 Å². The number of aromatic nitrogens is 1. The minimum atomic E-state index is -1.64. The number of likely N-dealkylation sites (N-methyl/N-ethyl adjacent to an activating group) is 2. The first-order chi connectivity index (χ1) is 37.1. The third-order valence-corrected chi connectivity index (χ3v) is 16.4. The molecule has 0 amide bonds. The van der Waals surface area contributed by atoms with Crippen molar-refractivity contribution in [3.63, 3.8) is 0 Å². The lowest BCUT2D eigenvalue weighted by molar-refractivity contribution is -0.321. The van der Waals surface area contributed by atoms with Gasteiger partial charge in [-0.2, -0.15) is 4.73 Å². The smallest absolute Gasteiger partial charge is 0.477 e. The van der Waals surface area contributed by atoms with E-state index < -0.39 is 125 Å². The minimum absolute atomic E-state index is 0.137. The molecule has 0 aliphatic carbocycles. The predicted molar refractivity (Wildman–Crippen MR) is 288 cm³/mol. The molecule has 4 aliphatic heterocycles. The number of aromatic carboxylic acids is 1. The van der Waals surface area contributed by atoms with Crippen molar-refractivity contribution < 1.29 is 86.3 Å². The third-order valence-electron chi connectivity index (χ3n) is 16.4. The summed E-state index contributed by atoms with van der Waals surface area (Å²) in [5.74, 6) is -4.63. The number of carbonyl (C=O) groups excluding carboxylic acids is 3. The van der Waals surface area contributed by atoms with Gasteiger partial charge in [0.1, 0.15) is 24.9 Å². The number of hydrogen-bond donors (Lipinski definition) is 2. The number of rotatable bonds is 17. The molecule has 18 atom stereocenters. The summed E-state index contributed by atoms with van der Waals surface area (Å²) < 4.78 is 71.1. The van der Waals surface area contributed by atoms with E-state index in [0.717, 1.165) is 6.20 Å². The lowest BCUT2D eigenvalue weighted by Crippen LogP contribution is -2.61. The predicted octanol–water partition coefficient (Wildman–Crippen LogP) is 5.48. The van der Waals surface area contributed by atoms with Gasteiger partial charge in [0.15, 0.2) is 30.4 Å². The average Bonchev–Trinajstić information content (AvgIpc) is 3.73. The number of carbonyl (C=O) groups is 4. The number of nitrogens with zero attached hydrogens (tertiary/aromatic N) is 3. The van der Waals surface area contributed by atoms with Crippen molar-refractivity contribution in [3.05, 3.63) is 51.8 Å². The van der Waals surface area contributed by atoms with Crippen LogP contribution in [-0.4, -0.2) is 201 Å². The SMILES string of the molecule is CC[C@H]1OC(=O)[C@H](C)[C@@H](O[C@H]2C[C@@](C)(OC)[C@@H](OCCOCC=Cc3ccc4c(c3)c(=O)c(C(=O)O)cn4OC)[C@H](C)O2)[C@H](C)[C@@H](O[C@@H]2O[C@H](C)C[C@H](N(C)C)[C@H]2OC(C)=O)[C@](C)(O)C[C@@H](C)CN(C)[C@H](C)[C@H]2OC(=O)O[C@@]21C. The quantitative estimate of drug-likeness (QED) is 0.113. The van der Waals surface area contributed by atoms with E-state index in [4.69, 9.17) is 56.9 Å². The van der Waals surface area contributed by atoms with E-state index in [1.807, 2.05) is 79.4 Å². The molecule has 444 valence electrons. The fraction of sp³-hybridized carbons (Fsp3) is 0.737. The molecule has 0 spiro atoms. The highest BCUT2D eigenvalue weighted by atomic mass is 16.8. The Kier molecular flexibility index (Phi) is 21.2. The van der Waals surface area contributed by atoms with E-state index in [1.165, 1.54) is 18.8 Å². The first kappa shape index (κ1) is 63.4. The molecule has 1 aromatic carbocycles. The maximum atomic E-state index is 14.9. The van der Waals surface area contributed by atoms with E-state index >= 15 is 0 Å². The fourth-order valence-corrected chi connectivity index (χ4v) is 12.2. The Morgan fingerprint density at radius 2 is 1.65 bits per heavy atom. The summed E-state index contributed by atoms with van der Waals surface area (Å²) in [5.41, 5.74) is -3.97. The fourth-order valence-electron chi connectivity index (χ4n) is 12.2. The number of benzene rings is 1. The van der Waals surface area contributed by atoms with Gasteiger partial charge < -0.3 is 72.1 Å². The van der Waals surface area contributed by atoms with Gasteiger partial charge in [-0.05, 0) is 112 Å². The molecule has 79 heavy (non-hydrogen) atoms. The molecule has 4 aliphatic rings. The summed E-state index contributed by atoms with van der Waals surface area (Å²) in [5, 5.41) is 22.7.